The molecule has 2 heterocycles. The fourth-order valence-corrected chi connectivity index (χ4v) is 2.93. The summed E-state index contributed by atoms with van der Waals surface area (Å²) in [6.45, 7) is 0.408. The Kier molecular flexibility index (Phi) is 4.60. The number of carbonyl (C=O) groups excluding carboxylic acids is 1. The summed E-state index contributed by atoms with van der Waals surface area (Å²) in [5.74, 6) is -0.0337. The summed E-state index contributed by atoms with van der Waals surface area (Å²) >= 11 is 0. The van der Waals surface area contributed by atoms with Gasteiger partial charge in [0, 0.05) is 35.5 Å². The van der Waals surface area contributed by atoms with Crippen molar-refractivity contribution in [1.29, 1.82) is 0 Å². The molecule has 5 nitrogen and oxygen atoms in total. The molecule has 0 aliphatic carbocycles. The van der Waals surface area contributed by atoms with Crippen molar-refractivity contribution < 1.29 is 4.79 Å². The predicted octanol–water partition coefficient (Wildman–Crippen LogP) is 3.75. The minimum absolute atomic E-state index is 0.0337. The van der Waals surface area contributed by atoms with Gasteiger partial charge in [0.05, 0.1) is 17.4 Å². The zero-order valence-corrected chi connectivity index (χ0v) is 14.6. The molecule has 0 fully saturated rings. The molecule has 0 spiro atoms. The van der Waals surface area contributed by atoms with E-state index in [1.54, 1.807) is 17.1 Å². The van der Waals surface area contributed by atoms with Crippen LogP contribution in [0.3, 0.4) is 0 Å². The van der Waals surface area contributed by atoms with E-state index in [1.165, 1.54) is 0 Å². The van der Waals surface area contributed by atoms with E-state index < -0.39 is 0 Å². The van der Waals surface area contributed by atoms with Crippen LogP contribution in [0.25, 0.3) is 23.2 Å². The molecule has 132 valence electrons. The highest BCUT2D eigenvalue weighted by atomic mass is 16.1. The number of fused-ring (bicyclic) bond motifs is 1. The average Bonchev–Trinajstić information content (AvgIpc) is 3.14. The Morgan fingerprint density at radius 3 is 2.74 bits per heavy atom. The maximum Gasteiger partial charge on any atom is 0.193 e. The standard InChI is InChI=1S/C22H18N4O/c23-14-16-4-3-5-17(12-16)22(27)18-7-8-19-15-25-26(21(19)13-18)11-9-20-6-1-2-10-24-20/h1-13,15H,14,23H2. The highest BCUT2D eigenvalue weighted by Gasteiger charge is 2.11. The zero-order chi connectivity index (χ0) is 18.6. The number of pyridine rings is 1. The molecule has 0 saturated heterocycles. The maximum atomic E-state index is 12.9. The van der Waals surface area contributed by atoms with Crippen molar-refractivity contribution in [3.63, 3.8) is 0 Å². The number of rotatable bonds is 5. The quantitative estimate of drug-likeness (QED) is 0.554. The van der Waals surface area contributed by atoms with Crippen LogP contribution in [-0.2, 0) is 6.54 Å². The van der Waals surface area contributed by atoms with E-state index in [9.17, 15) is 4.79 Å². The first-order valence-corrected chi connectivity index (χ1v) is 8.65. The molecule has 0 aliphatic rings. The molecule has 0 unspecified atom stereocenters. The Labute approximate surface area is 156 Å². The normalized spacial score (nSPS) is 11.3. The van der Waals surface area contributed by atoms with Crippen LogP contribution >= 0.6 is 0 Å². The highest BCUT2D eigenvalue weighted by Crippen LogP contribution is 2.19. The molecule has 27 heavy (non-hydrogen) atoms. The first-order chi connectivity index (χ1) is 13.2. The Balaban J connectivity index is 1.69. The number of hydrogen-bond acceptors (Lipinski definition) is 4. The molecule has 2 aromatic heterocycles. The van der Waals surface area contributed by atoms with Gasteiger partial charge in [-0.15, -0.1) is 0 Å². The minimum Gasteiger partial charge on any atom is -0.326 e. The van der Waals surface area contributed by atoms with Gasteiger partial charge in [-0.3, -0.25) is 9.78 Å². The lowest BCUT2D eigenvalue weighted by atomic mass is 10.0. The van der Waals surface area contributed by atoms with Crippen molar-refractivity contribution in [2.24, 2.45) is 5.73 Å². The van der Waals surface area contributed by atoms with E-state index in [0.717, 1.165) is 22.2 Å². The van der Waals surface area contributed by atoms with Crippen molar-refractivity contribution in [1.82, 2.24) is 14.8 Å². The lowest BCUT2D eigenvalue weighted by Gasteiger charge is -2.04. The zero-order valence-electron chi connectivity index (χ0n) is 14.6. The van der Waals surface area contributed by atoms with E-state index in [-0.39, 0.29) is 5.78 Å². The number of carbonyl (C=O) groups is 1. The number of nitrogens with two attached hydrogens (primary N) is 1. The number of nitrogens with zero attached hydrogens (tertiary/aromatic N) is 3. The first-order valence-electron chi connectivity index (χ1n) is 8.65. The molecular formula is C22H18N4O. The molecule has 0 saturated carbocycles. The third kappa shape index (κ3) is 3.54. The van der Waals surface area contributed by atoms with Gasteiger partial charge in [-0.05, 0) is 35.9 Å². The van der Waals surface area contributed by atoms with E-state index in [0.29, 0.717) is 17.7 Å². The number of benzene rings is 2. The van der Waals surface area contributed by atoms with E-state index in [4.69, 9.17) is 5.73 Å². The van der Waals surface area contributed by atoms with Crippen LogP contribution in [0.4, 0.5) is 0 Å². The maximum absolute atomic E-state index is 12.9. The SMILES string of the molecule is NCc1cccc(C(=O)c2ccc3cnn(C=Cc4ccccn4)c3c2)c1. The minimum atomic E-state index is -0.0337. The van der Waals surface area contributed by atoms with E-state index in [1.807, 2.05) is 72.9 Å². The monoisotopic (exact) mass is 354 g/mol. The largest absolute Gasteiger partial charge is 0.326 e. The van der Waals surface area contributed by atoms with Crippen molar-refractivity contribution in [3.8, 4) is 0 Å². The van der Waals surface area contributed by atoms with Crippen molar-refractivity contribution in [2.45, 2.75) is 6.54 Å². The summed E-state index contributed by atoms with van der Waals surface area (Å²) in [5, 5.41) is 5.35. The van der Waals surface area contributed by atoms with Crippen LogP contribution in [0, 0.1) is 0 Å². The predicted molar refractivity (Wildman–Crippen MR) is 107 cm³/mol. The molecule has 2 N–H and O–H groups in total. The summed E-state index contributed by atoms with van der Waals surface area (Å²) in [6, 6.07) is 18.7. The van der Waals surface area contributed by atoms with Crippen LogP contribution in [-0.4, -0.2) is 20.5 Å². The van der Waals surface area contributed by atoms with Crippen LogP contribution < -0.4 is 5.73 Å². The third-order valence-corrected chi connectivity index (χ3v) is 4.36. The second-order valence-electron chi connectivity index (χ2n) is 6.17. The summed E-state index contributed by atoms with van der Waals surface area (Å²) in [4.78, 5) is 17.1. The fraction of sp³-hybridized carbons (Fsp3) is 0.0455. The van der Waals surface area contributed by atoms with Gasteiger partial charge >= 0.3 is 0 Å². The van der Waals surface area contributed by atoms with Gasteiger partial charge in [0.1, 0.15) is 0 Å². The van der Waals surface area contributed by atoms with Crippen LogP contribution in [0.2, 0.25) is 0 Å². The second-order valence-corrected chi connectivity index (χ2v) is 6.17. The molecule has 5 heteroatoms. The Hall–Kier alpha value is -3.57. The van der Waals surface area contributed by atoms with Crippen molar-refractivity contribution in [3.05, 3.63) is 95.4 Å². The molecule has 0 bridgehead atoms. The van der Waals surface area contributed by atoms with Crippen LogP contribution in [0.1, 0.15) is 27.2 Å². The van der Waals surface area contributed by atoms with Gasteiger partial charge < -0.3 is 5.73 Å². The fourth-order valence-electron chi connectivity index (χ4n) is 2.93. The van der Waals surface area contributed by atoms with Gasteiger partial charge in [0.15, 0.2) is 5.78 Å². The number of aromatic nitrogens is 3. The summed E-state index contributed by atoms with van der Waals surface area (Å²) in [6.07, 6.45) is 7.24. The summed E-state index contributed by atoms with van der Waals surface area (Å²) in [7, 11) is 0. The van der Waals surface area contributed by atoms with E-state index in [2.05, 4.69) is 10.1 Å². The average molecular weight is 354 g/mol. The molecular weight excluding hydrogens is 336 g/mol. The highest BCUT2D eigenvalue weighted by molar-refractivity contribution is 6.10. The smallest absolute Gasteiger partial charge is 0.193 e. The van der Waals surface area contributed by atoms with Gasteiger partial charge in [-0.25, -0.2) is 4.68 Å². The molecule has 0 atom stereocenters. The molecule has 2 aromatic carbocycles. The summed E-state index contributed by atoms with van der Waals surface area (Å²) < 4.78 is 1.75. The number of hydrogen-bond donors (Lipinski definition) is 1. The van der Waals surface area contributed by atoms with Gasteiger partial charge in [0.25, 0.3) is 0 Å². The van der Waals surface area contributed by atoms with Gasteiger partial charge in [-0.2, -0.15) is 5.10 Å². The molecule has 4 aromatic rings. The molecule has 0 radical (unpaired) electrons. The van der Waals surface area contributed by atoms with Gasteiger partial charge in [0.2, 0.25) is 0 Å². The Morgan fingerprint density at radius 1 is 1.04 bits per heavy atom. The van der Waals surface area contributed by atoms with Crippen molar-refractivity contribution in [2.75, 3.05) is 0 Å². The first kappa shape index (κ1) is 16.9. The summed E-state index contributed by atoms with van der Waals surface area (Å²) in [5.41, 5.74) is 9.57. The van der Waals surface area contributed by atoms with Crippen LogP contribution in [0.15, 0.2) is 73.1 Å². The van der Waals surface area contributed by atoms with Crippen molar-refractivity contribution >= 4 is 29.0 Å². The Bertz CT molecular complexity index is 1130. The number of ketones is 1. The lowest BCUT2D eigenvalue weighted by molar-refractivity contribution is 0.103. The second kappa shape index (κ2) is 7.35. The molecule has 0 amide bonds. The lowest BCUT2D eigenvalue weighted by Crippen LogP contribution is -2.04. The third-order valence-electron chi connectivity index (χ3n) is 4.36. The molecule has 0 aliphatic heterocycles. The van der Waals surface area contributed by atoms with Gasteiger partial charge in [-0.1, -0.05) is 36.4 Å². The van der Waals surface area contributed by atoms with E-state index >= 15 is 0 Å². The molecule has 4 rings (SSSR count). The Morgan fingerprint density at radius 2 is 1.93 bits per heavy atom. The van der Waals surface area contributed by atoms with Crippen LogP contribution in [0.5, 0.6) is 0 Å². The topological polar surface area (TPSA) is 73.8 Å².